The van der Waals surface area contributed by atoms with Gasteiger partial charge in [0.25, 0.3) is 0 Å². The van der Waals surface area contributed by atoms with E-state index in [9.17, 15) is 13.2 Å². The highest BCUT2D eigenvalue weighted by Crippen LogP contribution is 2.24. The van der Waals surface area contributed by atoms with Gasteiger partial charge >= 0.3 is 0 Å². The lowest BCUT2D eigenvalue weighted by molar-refractivity contribution is -0.125. The molecule has 4 heterocycles. The number of nitrogens with one attached hydrogen (secondary N) is 2. The van der Waals surface area contributed by atoms with Crippen molar-refractivity contribution in [2.75, 3.05) is 13.1 Å². The first-order valence-corrected chi connectivity index (χ1v) is 14.5. The fourth-order valence-corrected chi connectivity index (χ4v) is 6.36. The predicted octanol–water partition coefficient (Wildman–Crippen LogP) is 2.72. The molecule has 12 heteroatoms. The summed E-state index contributed by atoms with van der Waals surface area (Å²) in [6.07, 6.45) is 7.19. The molecule has 0 saturated carbocycles. The summed E-state index contributed by atoms with van der Waals surface area (Å²) >= 11 is 0. The lowest BCUT2D eigenvalue weighted by atomic mass is 9.99. The van der Waals surface area contributed by atoms with Gasteiger partial charge in [0.05, 0.1) is 11.1 Å². The minimum absolute atomic E-state index is 0.121. The van der Waals surface area contributed by atoms with Crippen molar-refractivity contribution in [1.29, 1.82) is 0 Å². The lowest BCUT2D eigenvalue weighted by Gasteiger charge is -2.24. The third-order valence-corrected chi connectivity index (χ3v) is 9.04. The fraction of sp³-hybridized carbons (Fsp3) is 0.370. The second-order valence-corrected chi connectivity index (χ2v) is 11.6. The second-order valence-electron chi connectivity index (χ2n) is 9.67. The molecular weight excluding hydrogens is 516 g/mol. The smallest absolute Gasteiger partial charge is 0.243 e. The maximum atomic E-state index is 13.5. The second kappa shape index (κ2) is 11.9. The number of rotatable bonds is 6. The summed E-state index contributed by atoms with van der Waals surface area (Å²) in [6, 6.07) is 12.2. The van der Waals surface area contributed by atoms with E-state index in [0.29, 0.717) is 51.1 Å². The standard InChI is InChI=1S/C27H32N8O3S/c1-20-23(19-30-31-20)18-29-27(36)21-11-15-34(39(37,38)24-8-3-2-4-9-24)14-6-10-25-32-33-26(35(25)16-12-21)22-7-5-13-28-17-22/h2-5,7-9,13,17,19,21H,6,10-12,14-16,18H2,1H3,(H,29,36)(H,30,31). The third-order valence-electron chi connectivity index (χ3n) is 7.12. The molecule has 0 aliphatic carbocycles. The van der Waals surface area contributed by atoms with Gasteiger partial charge in [0.15, 0.2) is 5.82 Å². The normalized spacial score (nSPS) is 17.2. The summed E-state index contributed by atoms with van der Waals surface area (Å²) in [5.74, 6) is 0.922. The molecule has 1 amide bonds. The molecule has 3 aromatic heterocycles. The number of nitrogens with zero attached hydrogens (tertiary/aromatic N) is 6. The Morgan fingerprint density at radius 1 is 1.05 bits per heavy atom. The molecule has 5 rings (SSSR count). The topological polar surface area (TPSA) is 139 Å². The number of fused-ring (bicyclic) bond motifs is 1. The van der Waals surface area contributed by atoms with Gasteiger partial charge in [-0.1, -0.05) is 18.2 Å². The Hall–Kier alpha value is -3.90. The number of aromatic amines is 1. The van der Waals surface area contributed by atoms with E-state index >= 15 is 0 Å². The molecule has 1 aromatic carbocycles. The van der Waals surface area contributed by atoms with Crippen LogP contribution in [-0.4, -0.2) is 61.7 Å². The van der Waals surface area contributed by atoms with E-state index in [1.54, 1.807) is 48.9 Å². The number of benzene rings is 1. The van der Waals surface area contributed by atoms with Gasteiger partial charge < -0.3 is 9.88 Å². The molecule has 1 unspecified atom stereocenters. The van der Waals surface area contributed by atoms with Crippen LogP contribution in [0.2, 0.25) is 0 Å². The zero-order valence-corrected chi connectivity index (χ0v) is 22.6. The summed E-state index contributed by atoms with van der Waals surface area (Å²) in [5, 5.41) is 18.8. The molecular formula is C27H32N8O3S. The molecule has 0 saturated heterocycles. The van der Waals surface area contributed by atoms with Crippen molar-refractivity contribution in [3.8, 4) is 11.4 Å². The van der Waals surface area contributed by atoms with Gasteiger partial charge in [-0.05, 0) is 50.5 Å². The monoisotopic (exact) mass is 548 g/mol. The first-order chi connectivity index (χ1) is 18.9. The first-order valence-electron chi connectivity index (χ1n) is 13.1. The van der Waals surface area contributed by atoms with E-state index in [1.807, 2.05) is 23.6 Å². The number of carbonyl (C=O) groups is 1. The zero-order chi connectivity index (χ0) is 27.2. The van der Waals surface area contributed by atoms with Crippen molar-refractivity contribution in [3.05, 3.63) is 78.1 Å². The van der Waals surface area contributed by atoms with E-state index < -0.39 is 15.9 Å². The van der Waals surface area contributed by atoms with E-state index in [4.69, 9.17) is 0 Å². The Kier molecular flexibility index (Phi) is 8.13. The van der Waals surface area contributed by atoms with Crippen molar-refractivity contribution >= 4 is 15.9 Å². The quantitative estimate of drug-likeness (QED) is 0.378. The largest absolute Gasteiger partial charge is 0.352 e. The van der Waals surface area contributed by atoms with Crippen LogP contribution in [0.15, 0.2) is 66.0 Å². The van der Waals surface area contributed by atoms with Crippen molar-refractivity contribution < 1.29 is 13.2 Å². The van der Waals surface area contributed by atoms with Crippen LogP contribution in [0.4, 0.5) is 0 Å². The number of hydrogen-bond donors (Lipinski definition) is 2. The van der Waals surface area contributed by atoms with E-state index in [2.05, 4.69) is 30.7 Å². The number of sulfonamides is 1. The van der Waals surface area contributed by atoms with Crippen molar-refractivity contribution in [2.24, 2.45) is 5.92 Å². The van der Waals surface area contributed by atoms with E-state index in [-0.39, 0.29) is 17.3 Å². The molecule has 1 aliphatic rings. The fourth-order valence-electron chi connectivity index (χ4n) is 4.84. The van der Waals surface area contributed by atoms with Crippen LogP contribution in [0.5, 0.6) is 0 Å². The molecule has 204 valence electrons. The number of amides is 1. The van der Waals surface area contributed by atoms with Gasteiger partial charge in [0.1, 0.15) is 5.82 Å². The number of H-pyrrole nitrogens is 1. The first kappa shape index (κ1) is 26.7. The number of pyridine rings is 1. The molecule has 0 radical (unpaired) electrons. The maximum absolute atomic E-state index is 13.5. The SMILES string of the molecule is Cc1[nH]ncc1CNC(=O)C1CCN(S(=O)(=O)c2ccccc2)CCCc2nnc(-c3cccnc3)n2CC1. The molecule has 2 N–H and O–H groups in total. The molecule has 0 fully saturated rings. The van der Waals surface area contributed by atoms with Crippen molar-refractivity contribution in [1.82, 2.24) is 39.6 Å². The van der Waals surface area contributed by atoms with Crippen LogP contribution in [0.1, 0.15) is 36.3 Å². The lowest BCUT2D eigenvalue weighted by Crippen LogP contribution is -2.37. The van der Waals surface area contributed by atoms with Gasteiger partial charge in [0.2, 0.25) is 15.9 Å². The van der Waals surface area contributed by atoms with Gasteiger partial charge in [-0.3, -0.25) is 14.9 Å². The highest BCUT2D eigenvalue weighted by molar-refractivity contribution is 7.89. The van der Waals surface area contributed by atoms with Gasteiger partial charge in [0, 0.05) is 67.7 Å². The zero-order valence-electron chi connectivity index (χ0n) is 21.8. The van der Waals surface area contributed by atoms with Crippen LogP contribution < -0.4 is 5.32 Å². The molecule has 4 aromatic rings. The third kappa shape index (κ3) is 6.07. The molecule has 11 nitrogen and oxygen atoms in total. The van der Waals surface area contributed by atoms with E-state index in [0.717, 1.165) is 22.6 Å². The maximum Gasteiger partial charge on any atom is 0.243 e. The predicted molar refractivity (Wildman–Crippen MR) is 145 cm³/mol. The number of aromatic nitrogens is 6. The summed E-state index contributed by atoms with van der Waals surface area (Å²) in [6.45, 7) is 3.34. The summed E-state index contributed by atoms with van der Waals surface area (Å²) in [4.78, 5) is 17.9. The Bertz CT molecular complexity index is 1500. The molecule has 0 spiro atoms. The minimum atomic E-state index is -3.72. The Labute approximate surface area is 227 Å². The van der Waals surface area contributed by atoms with Gasteiger partial charge in [-0.25, -0.2) is 8.42 Å². The highest BCUT2D eigenvalue weighted by Gasteiger charge is 2.28. The molecule has 39 heavy (non-hydrogen) atoms. The number of carbonyl (C=O) groups excluding carboxylic acids is 1. The van der Waals surface area contributed by atoms with E-state index in [1.165, 1.54) is 4.31 Å². The van der Waals surface area contributed by atoms with Crippen LogP contribution >= 0.6 is 0 Å². The van der Waals surface area contributed by atoms with Gasteiger partial charge in [-0.15, -0.1) is 10.2 Å². The highest BCUT2D eigenvalue weighted by atomic mass is 32.2. The average Bonchev–Trinajstić information content (AvgIpc) is 3.55. The average molecular weight is 549 g/mol. The molecule has 1 atom stereocenters. The Balaban J connectivity index is 1.43. The molecule has 0 bridgehead atoms. The minimum Gasteiger partial charge on any atom is -0.352 e. The van der Waals surface area contributed by atoms with Crippen LogP contribution in [0.25, 0.3) is 11.4 Å². The van der Waals surface area contributed by atoms with Gasteiger partial charge in [-0.2, -0.15) is 9.40 Å². The summed E-state index contributed by atoms with van der Waals surface area (Å²) in [7, 11) is -3.72. The number of hydrogen-bond acceptors (Lipinski definition) is 7. The molecule has 1 aliphatic heterocycles. The van der Waals surface area contributed by atoms with Crippen molar-refractivity contribution in [2.45, 2.75) is 50.6 Å². The van der Waals surface area contributed by atoms with Crippen LogP contribution in [0.3, 0.4) is 0 Å². The number of aryl methyl sites for hydroxylation is 2. The Morgan fingerprint density at radius 3 is 2.62 bits per heavy atom. The summed E-state index contributed by atoms with van der Waals surface area (Å²) in [5.41, 5.74) is 2.65. The van der Waals surface area contributed by atoms with Crippen LogP contribution in [-0.2, 0) is 34.3 Å². The Morgan fingerprint density at radius 2 is 1.87 bits per heavy atom. The summed E-state index contributed by atoms with van der Waals surface area (Å²) < 4.78 is 30.6. The van der Waals surface area contributed by atoms with Crippen LogP contribution in [0, 0.1) is 12.8 Å². The van der Waals surface area contributed by atoms with Crippen molar-refractivity contribution in [3.63, 3.8) is 0 Å².